The third-order valence-electron chi connectivity index (χ3n) is 6.47. The normalized spacial score (nSPS) is 13.0. The molecule has 5 aromatic rings. The highest BCUT2D eigenvalue weighted by Gasteiger charge is 2.32. The summed E-state index contributed by atoms with van der Waals surface area (Å²) in [6, 6.07) is 17.9. The molecule has 0 atom stereocenters. The molecule has 1 aliphatic carbocycles. The monoisotopic (exact) mass is 525 g/mol. The van der Waals surface area contributed by atoms with E-state index < -0.39 is 0 Å². The molecule has 1 aliphatic rings. The summed E-state index contributed by atoms with van der Waals surface area (Å²) in [4.78, 5) is 37.3. The zero-order chi connectivity index (χ0) is 26.2. The Hall–Kier alpha value is -4.50. The highest BCUT2D eigenvalue weighted by Crippen LogP contribution is 2.42. The molecule has 0 unspecified atom stereocenters. The third kappa shape index (κ3) is 4.76. The van der Waals surface area contributed by atoms with Crippen molar-refractivity contribution in [2.75, 3.05) is 10.6 Å². The van der Waals surface area contributed by atoms with Crippen LogP contribution in [-0.4, -0.2) is 30.8 Å². The van der Waals surface area contributed by atoms with Gasteiger partial charge in [-0.1, -0.05) is 41.9 Å². The Labute approximate surface area is 222 Å². The predicted octanol–water partition coefficient (Wildman–Crippen LogP) is 5.58. The molecular formula is C28H24ClN7O2. The number of nitrogens with one attached hydrogen (secondary N) is 3. The number of carbonyl (C=O) groups excluding carboxylic acids is 1. The molecule has 6 rings (SSSR count). The van der Waals surface area contributed by atoms with E-state index in [0.29, 0.717) is 39.8 Å². The zero-order valence-corrected chi connectivity index (χ0v) is 21.3. The van der Waals surface area contributed by atoms with Gasteiger partial charge in [0.05, 0.1) is 16.4 Å². The molecule has 0 aliphatic heterocycles. The summed E-state index contributed by atoms with van der Waals surface area (Å²) in [5, 5.41) is 11.4. The Morgan fingerprint density at radius 2 is 1.89 bits per heavy atom. The van der Waals surface area contributed by atoms with Crippen molar-refractivity contribution >= 4 is 40.2 Å². The fraction of sp³-hybridized carbons (Fsp3) is 0.179. The van der Waals surface area contributed by atoms with Crippen molar-refractivity contribution in [1.82, 2.24) is 24.7 Å². The number of para-hydroxylation sites is 1. The number of nitrogens with zero attached hydrogens (tertiary/aromatic N) is 4. The summed E-state index contributed by atoms with van der Waals surface area (Å²) < 4.78 is 1.71. The molecule has 0 bridgehead atoms. The van der Waals surface area contributed by atoms with Crippen molar-refractivity contribution in [3.63, 3.8) is 0 Å². The predicted molar refractivity (Wildman–Crippen MR) is 147 cm³/mol. The standard InChI is InChI=1S/C28H24ClN7O2/c1-16-5-4-6-20(29)25(16)36-26-23(24(35-36)18-10-11-18)27(37)33-22(32-26)15-17-8-12-19(13-9-17)31-28(38)34-21-7-2-3-14-30-21/h2-9,12-14,18H,10-11,15H2,1H3,(H,32,33,37)(H2,30,31,34,38). The Bertz CT molecular complexity index is 1690. The lowest BCUT2D eigenvalue weighted by Crippen LogP contribution is -2.19. The first-order valence-corrected chi connectivity index (χ1v) is 12.7. The zero-order valence-electron chi connectivity index (χ0n) is 20.5. The number of fused-ring (bicyclic) bond motifs is 1. The number of halogens is 1. The highest BCUT2D eigenvalue weighted by molar-refractivity contribution is 6.32. The number of hydrogen-bond donors (Lipinski definition) is 3. The molecule has 1 fully saturated rings. The molecule has 3 N–H and O–H groups in total. The van der Waals surface area contributed by atoms with Crippen molar-refractivity contribution < 1.29 is 4.79 Å². The summed E-state index contributed by atoms with van der Waals surface area (Å²) in [6.07, 6.45) is 4.02. The first-order chi connectivity index (χ1) is 18.5. The molecular weight excluding hydrogens is 502 g/mol. The van der Waals surface area contributed by atoms with Crippen LogP contribution in [0.25, 0.3) is 16.7 Å². The van der Waals surface area contributed by atoms with Crippen LogP contribution in [0.2, 0.25) is 5.02 Å². The molecule has 0 saturated heterocycles. The highest BCUT2D eigenvalue weighted by atomic mass is 35.5. The Morgan fingerprint density at radius 1 is 1.08 bits per heavy atom. The quantitative estimate of drug-likeness (QED) is 0.267. The van der Waals surface area contributed by atoms with Crippen molar-refractivity contribution in [3.8, 4) is 5.69 Å². The number of H-pyrrole nitrogens is 1. The second-order valence-corrected chi connectivity index (χ2v) is 9.76. The van der Waals surface area contributed by atoms with E-state index in [-0.39, 0.29) is 17.5 Å². The number of carbonyl (C=O) groups is 1. The summed E-state index contributed by atoms with van der Waals surface area (Å²) in [5.41, 5.74) is 4.31. The molecule has 0 radical (unpaired) electrons. The smallest absolute Gasteiger partial charge is 0.310 e. The van der Waals surface area contributed by atoms with Crippen LogP contribution in [0.15, 0.2) is 71.7 Å². The molecule has 2 amide bonds. The maximum Gasteiger partial charge on any atom is 0.324 e. The number of anilines is 2. The topological polar surface area (TPSA) is 118 Å². The lowest BCUT2D eigenvalue weighted by Gasteiger charge is -2.10. The molecule has 1 saturated carbocycles. The maximum absolute atomic E-state index is 13.2. The van der Waals surface area contributed by atoms with E-state index in [0.717, 1.165) is 35.3 Å². The van der Waals surface area contributed by atoms with Gasteiger partial charge in [0.1, 0.15) is 17.0 Å². The fourth-order valence-electron chi connectivity index (χ4n) is 4.48. The first kappa shape index (κ1) is 23.9. The number of amides is 2. The second kappa shape index (κ2) is 9.75. The summed E-state index contributed by atoms with van der Waals surface area (Å²) in [7, 11) is 0. The SMILES string of the molecule is Cc1cccc(Cl)c1-n1nc(C2CC2)c2c(=O)[nH]c(Cc3ccc(NC(=O)Nc4ccccn4)cc3)nc21. The van der Waals surface area contributed by atoms with Gasteiger partial charge in [-0.3, -0.25) is 10.1 Å². The van der Waals surface area contributed by atoms with Crippen molar-refractivity contribution in [3.05, 3.63) is 105 Å². The van der Waals surface area contributed by atoms with Gasteiger partial charge >= 0.3 is 6.03 Å². The van der Waals surface area contributed by atoms with Crippen LogP contribution in [0.3, 0.4) is 0 Å². The van der Waals surface area contributed by atoms with Gasteiger partial charge < -0.3 is 10.3 Å². The summed E-state index contributed by atoms with van der Waals surface area (Å²) in [5.74, 6) is 1.25. The lowest BCUT2D eigenvalue weighted by molar-refractivity contribution is 0.262. The minimum Gasteiger partial charge on any atom is -0.310 e. The number of hydrogen-bond acceptors (Lipinski definition) is 5. The number of benzene rings is 2. The number of urea groups is 1. The Morgan fingerprint density at radius 3 is 2.61 bits per heavy atom. The van der Waals surface area contributed by atoms with Crippen molar-refractivity contribution in [1.29, 1.82) is 0 Å². The third-order valence-corrected chi connectivity index (χ3v) is 6.77. The van der Waals surface area contributed by atoms with E-state index in [4.69, 9.17) is 21.7 Å². The molecule has 0 spiro atoms. The molecule has 38 heavy (non-hydrogen) atoms. The van der Waals surface area contributed by atoms with Crippen molar-refractivity contribution in [2.24, 2.45) is 0 Å². The number of aryl methyl sites for hydroxylation is 1. The van der Waals surface area contributed by atoms with Crippen LogP contribution >= 0.6 is 11.6 Å². The average molecular weight is 526 g/mol. The molecule has 3 heterocycles. The molecule has 3 aromatic heterocycles. The van der Waals surface area contributed by atoms with Crippen LogP contribution in [-0.2, 0) is 6.42 Å². The van der Waals surface area contributed by atoms with E-state index in [1.54, 1.807) is 41.2 Å². The molecule has 10 heteroatoms. The van der Waals surface area contributed by atoms with Gasteiger partial charge in [0.15, 0.2) is 5.65 Å². The van der Waals surface area contributed by atoms with Crippen LogP contribution < -0.4 is 16.2 Å². The van der Waals surface area contributed by atoms with Gasteiger partial charge in [-0.2, -0.15) is 5.10 Å². The number of aromatic amines is 1. The van der Waals surface area contributed by atoms with Gasteiger partial charge in [0.25, 0.3) is 5.56 Å². The Balaban J connectivity index is 1.28. The van der Waals surface area contributed by atoms with Crippen LogP contribution in [0.5, 0.6) is 0 Å². The summed E-state index contributed by atoms with van der Waals surface area (Å²) >= 11 is 6.56. The van der Waals surface area contributed by atoms with E-state index in [1.807, 2.05) is 37.3 Å². The van der Waals surface area contributed by atoms with E-state index in [1.165, 1.54) is 0 Å². The van der Waals surface area contributed by atoms with Crippen molar-refractivity contribution in [2.45, 2.75) is 32.1 Å². The van der Waals surface area contributed by atoms with E-state index in [9.17, 15) is 9.59 Å². The summed E-state index contributed by atoms with van der Waals surface area (Å²) in [6.45, 7) is 1.96. The molecule has 190 valence electrons. The minimum atomic E-state index is -0.387. The minimum absolute atomic E-state index is 0.202. The lowest BCUT2D eigenvalue weighted by atomic mass is 10.1. The maximum atomic E-state index is 13.2. The van der Waals surface area contributed by atoms with Gasteiger partial charge in [0, 0.05) is 24.2 Å². The largest absolute Gasteiger partial charge is 0.324 e. The number of rotatable bonds is 6. The van der Waals surface area contributed by atoms with E-state index in [2.05, 4.69) is 20.6 Å². The van der Waals surface area contributed by atoms with Gasteiger partial charge in [-0.15, -0.1) is 0 Å². The Kier molecular flexibility index (Phi) is 6.13. The van der Waals surface area contributed by atoms with Crippen LogP contribution in [0, 0.1) is 6.92 Å². The number of aromatic nitrogens is 5. The van der Waals surface area contributed by atoms with Gasteiger partial charge in [0.2, 0.25) is 0 Å². The average Bonchev–Trinajstić information content (AvgIpc) is 3.67. The van der Waals surface area contributed by atoms with E-state index >= 15 is 0 Å². The van der Waals surface area contributed by atoms with Crippen LogP contribution in [0.4, 0.5) is 16.3 Å². The second-order valence-electron chi connectivity index (χ2n) is 9.36. The number of pyridine rings is 1. The van der Waals surface area contributed by atoms with Gasteiger partial charge in [-0.25, -0.2) is 19.4 Å². The fourth-order valence-corrected chi connectivity index (χ4v) is 4.79. The molecule has 9 nitrogen and oxygen atoms in total. The van der Waals surface area contributed by atoms with Crippen LogP contribution in [0.1, 0.15) is 41.4 Å². The first-order valence-electron chi connectivity index (χ1n) is 12.3. The van der Waals surface area contributed by atoms with Gasteiger partial charge in [-0.05, 0) is 61.2 Å². The molecule has 2 aromatic carbocycles.